The van der Waals surface area contributed by atoms with Crippen molar-refractivity contribution >= 4 is 23.7 Å². The monoisotopic (exact) mass is 467 g/mol. The average molecular weight is 468 g/mol. The molecule has 180 valence electrons. The zero-order valence-electron chi connectivity index (χ0n) is 19.2. The number of hydrogen-bond acceptors (Lipinski definition) is 7. The first kappa shape index (κ1) is 24.8. The fourth-order valence-corrected chi connectivity index (χ4v) is 3.57. The highest BCUT2D eigenvalue weighted by molar-refractivity contribution is 6.38. The van der Waals surface area contributed by atoms with Crippen molar-refractivity contribution in [3.05, 3.63) is 59.7 Å². The number of nitrogens with zero attached hydrogens (tertiary/aromatic N) is 2. The van der Waals surface area contributed by atoms with Gasteiger partial charge < -0.3 is 20.7 Å². The number of alkyl carbamates (subject to hydrolysis) is 1. The van der Waals surface area contributed by atoms with E-state index in [1.54, 1.807) is 20.0 Å². The third kappa shape index (κ3) is 6.84. The maximum atomic E-state index is 13.1. The fourth-order valence-electron chi connectivity index (χ4n) is 3.57. The van der Waals surface area contributed by atoms with Crippen LogP contribution in [0.5, 0.6) is 0 Å². The lowest BCUT2D eigenvalue weighted by Gasteiger charge is -2.25. The third-order valence-electron chi connectivity index (χ3n) is 5.43. The zero-order chi connectivity index (χ0) is 24.5. The van der Waals surface area contributed by atoms with Gasteiger partial charge in [-0.1, -0.05) is 44.2 Å². The van der Waals surface area contributed by atoms with Gasteiger partial charge in [0.2, 0.25) is 11.7 Å². The quantitative estimate of drug-likeness (QED) is 0.540. The van der Waals surface area contributed by atoms with Crippen LogP contribution >= 0.6 is 0 Å². The van der Waals surface area contributed by atoms with Crippen LogP contribution in [-0.4, -0.2) is 52.3 Å². The minimum Gasteiger partial charge on any atom is -0.445 e. The molecular formula is C24H29N5O5. The third-order valence-corrected chi connectivity index (χ3v) is 5.43. The number of benzene rings is 1. The van der Waals surface area contributed by atoms with Crippen LogP contribution in [0.2, 0.25) is 0 Å². The second kappa shape index (κ2) is 11.9. The van der Waals surface area contributed by atoms with Crippen molar-refractivity contribution in [3.8, 4) is 0 Å². The molecule has 1 aromatic heterocycles. The summed E-state index contributed by atoms with van der Waals surface area (Å²) in [6.07, 6.45) is 3.54. The van der Waals surface area contributed by atoms with E-state index in [4.69, 9.17) is 4.74 Å². The van der Waals surface area contributed by atoms with Crippen molar-refractivity contribution in [1.82, 2.24) is 25.9 Å². The van der Waals surface area contributed by atoms with Crippen LogP contribution in [0.3, 0.4) is 0 Å². The van der Waals surface area contributed by atoms with Crippen molar-refractivity contribution in [1.29, 1.82) is 0 Å². The topological polar surface area (TPSA) is 139 Å². The van der Waals surface area contributed by atoms with Crippen LogP contribution in [0.15, 0.2) is 42.7 Å². The molecule has 0 fully saturated rings. The number of ether oxygens (including phenoxy) is 1. The Bertz CT molecular complexity index is 1030. The molecule has 10 heteroatoms. The summed E-state index contributed by atoms with van der Waals surface area (Å²) < 4.78 is 5.22. The molecule has 0 saturated heterocycles. The summed E-state index contributed by atoms with van der Waals surface area (Å²) in [7, 11) is 0. The van der Waals surface area contributed by atoms with E-state index in [2.05, 4.69) is 25.9 Å². The molecule has 1 aliphatic rings. The smallest absolute Gasteiger partial charge is 0.408 e. The van der Waals surface area contributed by atoms with E-state index < -0.39 is 35.8 Å². The zero-order valence-corrected chi connectivity index (χ0v) is 19.2. The average Bonchev–Trinajstić information content (AvgIpc) is 2.83. The molecule has 2 aromatic rings. The van der Waals surface area contributed by atoms with Crippen LogP contribution in [0.4, 0.5) is 4.79 Å². The molecule has 2 atom stereocenters. The van der Waals surface area contributed by atoms with E-state index in [0.717, 1.165) is 5.56 Å². The number of ketones is 1. The number of nitrogens with one attached hydrogen (secondary N) is 3. The molecule has 2 heterocycles. The number of aromatic nitrogens is 2. The van der Waals surface area contributed by atoms with E-state index in [9.17, 15) is 19.2 Å². The van der Waals surface area contributed by atoms with Crippen LogP contribution in [0.25, 0.3) is 0 Å². The lowest BCUT2D eigenvalue weighted by Crippen LogP contribution is -2.56. The molecule has 34 heavy (non-hydrogen) atoms. The molecule has 0 spiro atoms. The number of aryl methyl sites for hydroxylation is 1. The van der Waals surface area contributed by atoms with Crippen molar-refractivity contribution < 1.29 is 23.9 Å². The van der Waals surface area contributed by atoms with E-state index in [0.29, 0.717) is 30.8 Å². The van der Waals surface area contributed by atoms with Gasteiger partial charge in [-0.05, 0) is 24.3 Å². The first-order chi connectivity index (χ1) is 16.3. The first-order valence-electron chi connectivity index (χ1n) is 11.2. The lowest BCUT2D eigenvalue weighted by atomic mass is 9.99. The van der Waals surface area contributed by atoms with Crippen molar-refractivity contribution in [2.24, 2.45) is 5.92 Å². The van der Waals surface area contributed by atoms with Gasteiger partial charge in [-0.3, -0.25) is 24.4 Å². The molecule has 0 saturated carbocycles. The maximum Gasteiger partial charge on any atom is 0.408 e. The van der Waals surface area contributed by atoms with Gasteiger partial charge >= 0.3 is 6.09 Å². The minimum atomic E-state index is -1.15. The number of Topliss-reactive ketones (excluding diaryl/α,β-unsaturated/α-hetero) is 1. The summed E-state index contributed by atoms with van der Waals surface area (Å²) in [4.78, 5) is 59.1. The van der Waals surface area contributed by atoms with Gasteiger partial charge in [0.05, 0.1) is 11.4 Å². The second-order valence-corrected chi connectivity index (χ2v) is 8.37. The first-order valence-corrected chi connectivity index (χ1v) is 11.2. The number of fused-ring (bicyclic) bond motifs is 1. The second-order valence-electron chi connectivity index (χ2n) is 8.37. The summed E-state index contributed by atoms with van der Waals surface area (Å²) >= 11 is 0. The Morgan fingerprint density at radius 1 is 1.12 bits per heavy atom. The summed E-state index contributed by atoms with van der Waals surface area (Å²) in [6.45, 7) is 3.87. The Balaban J connectivity index is 1.70. The van der Waals surface area contributed by atoms with E-state index in [1.165, 1.54) is 6.20 Å². The summed E-state index contributed by atoms with van der Waals surface area (Å²) in [5.41, 5.74) is 2.07. The number of carbonyl (C=O) groups is 4. The Morgan fingerprint density at radius 2 is 1.82 bits per heavy atom. The highest BCUT2D eigenvalue weighted by atomic mass is 16.5. The number of carbonyl (C=O) groups excluding carboxylic acids is 4. The van der Waals surface area contributed by atoms with Crippen molar-refractivity contribution in [2.45, 2.75) is 51.8 Å². The molecular weight excluding hydrogens is 438 g/mol. The van der Waals surface area contributed by atoms with E-state index in [-0.39, 0.29) is 18.9 Å². The Hall–Kier alpha value is -3.82. The van der Waals surface area contributed by atoms with Crippen molar-refractivity contribution in [3.63, 3.8) is 0 Å². The fraction of sp³-hybridized carbons (Fsp3) is 0.417. The van der Waals surface area contributed by atoms with Gasteiger partial charge in [0, 0.05) is 25.4 Å². The molecule has 0 aliphatic carbocycles. The van der Waals surface area contributed by atoms with E-state index >= 15 is 0 Å². The highest BCUT2D eigenvalue weighted by Gasteiger charge is 2.33. The van der Waals surface area contributed by atoms with Gasteiger partial charge in [-0.15, -0.1) is 0 Å². The summed E-state index contributed by atoms with van der Waals surface area (Å²) in [5.74, 6) is -2.45. The Kier molecular flexibility index (Phi) is 8.66. The SMILES string of the molecule is CC(C)C(NC(=O)OCc1ccccc1)C(=O)NC1Cc2nccnc2CCCNC(=O)C1=O. The van der Waals surface area contributed by atoms with Crippen LogP contribution in [0, 0.1) is 5.92 Å². The van der Waals surface area contributed by atoms with Gasteiger partial charge in [-0.2, -0.15) is 0 Å². The van der Waals surface area contributed by atoms with Gasteiger partial charge in [0.25, 0.3) is 5.91 Å². The van der Waals surface area contributed by atoms with Gasteiger partial charge in [-0.25, -0.2) is 4.79 Å². The predicted molar refractivity (Wildman–Crippen MR) is 122 cm³/mol. The van der Waals surface area contributed by atoms with Gasteiger partial charge in [0.15, 0.2) is 0 Å². The standard InChI is InChI=1S/C24H29N5O5/c1-15(2)20(29-24(33)34-14-16-7-4-3-5-8-16)22(31)28-19-13-18-17(25-11-12-26-18)9-6-10-27-23(32)21(19)30/h3-5,7-8,11-12,15,19-20H,6,9-10,13-14H2,1-2H3,(H,27,32)(H,28,31)(H,29,33). The molecule has 0 bridgehead atoms. The maximum absolute atomic E-state index is 13.1. The number of rotatable bonds is 6. The van der Waals surface area contributed by atoms with Crippen molar-refractivity contribution in [2.75, 3.05) is 6.54 Å². The number of hydrogen-bond donors (Lipinski definition) is 3. The molecule has 2 unspecified atom stereocenters. The normalized spacial score (nSPS) is 17.2. The Labute approximate surface area is 197 Å². The number of amides is 3. The van der Waals surface area contributed by atoms with E-state index in [1.807, 2.05) is 30.3 Å². The predicted octanol–water partition coefficient (Wildman–Crippen LogP) is 1.09. The molecule has 3 N–H and O–H groups in total. The molecule has 3 rings (SSSR count). The molecule has 10 nitrogen and oxygen atoms in total. The summed E-state index contributed by atoms with van der Waals surface area (Å²) in [6, 6.07) is 7.02. The lowest BCUT2D eigenvalue weighted by molar-refractivity contribution is -0.140. The molecule has 1 aliphatic heterocycles. The van der Waals surface area contributed by atoms with Crippen LogP contribution < -0.4 is 16.0 Å². The molecule has 0 radical (unpaired) electrons. The van der Waals surface area contributed by atoms with Crippen LogP contribution in [-0.2, 0) is 38.6 Å². The largest absolute Gasteiger partial charge is 0.445 e. The van der Waals surface area contributed by atoms with Crippen LogP contribution in [0.1, 0.15) is 37.2 Å². The molecule has 3 amide bonds. The summed E-state index contributed by atoms with van der Waals surface area (Å²) in [5, 5.41) is 7.76. The Morgan fingerprint density at radius 3 is 2.53 bits per heavy atom. The molecule has 1 aromatic carbocycles. The van der Waals surface area contributed by atoms with Gasteiger partial charge in [0.1, 0.15) is 18.7 Å². The highest BCUT2D eigenvalue weighted by Crippen LogP contribution is 2.11. The minimum absolute atomic E-state index is 0.0183.